The third-order valence-corrected chi connectivity index (χ3v) is 5.78. The van der Waals surface area contributed by atoms with E-state index in [1.54, 1.807) is 18.0 Å². The standard InChI is InChI=1S/C20H25Cl2N5OS2/c1-3-29-19-12-15(2)24-20(25-19)30-14-18(28)26-23-13-16-4-6-17(7-5-16)27(10-8-21)11-9-22/h4-7,12-13H,3,8-11,14H2,1-2H3,(H,26,28). The summed E-state index contributed by atoms with van der Waals surface area (Å²) in [7, 11) is 0. The molecular formula is C20H25Cl2N5OS2. The van der Waals surface area contributed by atoms with Crippen LogP contribution in [-0.4, -0.2) is 58.4 Å². The van der Waals surface area contributed by atoms with Crippen LogP contribution in [0, 0.1) is 6.92 Å². The first-order valence-electron chi connectivity index (χ1n) is 9.45. The number of nitrogens with one attached hydrogen (secondary N) is 1. The van der Waals surface area contributed by atoms with Crippen molar-refractivity contribution in [3.8, 4) is 0 Å². The van der Waals surface area contributed by atoms with Crippen molar-refractivity contribution in [1.29, 1.82) is 0 Å². The second-order valence-electron chi connectivity index (χ2n) is 6.10. The molecule has 0 aliphatic rings. The normalized spacial score (nSPS) is 11.1. The molecular weight excluding hydrogens is 461 g/mol. The number of alkyl halides is 2. The average molecular weight is 486 g/mol. The topological polar surface area (TPSA) is 70.5 Å². The van der Waals surface area contributed by atoms with Crippen LogP contribution < -0.4 is 10.3 Å². The smallest absolute Gasteiger partial charge is 0.250 e. The highest BCUT2D eigenvalue weighted by molar-refractivity contribution is 8.00. The maximum Gasteiger partial charge on any atom is 0.250 e. The van der Waals surface area contributed by atoms with Crippen LogP contribution in [0.3, 0.4) is 0 Å². The molecule has 6 nitrogen and oxygen atoms in total. The number of hydrazone groups is 1. The molecule has 0 aliphatic heterocycles. The van der Waals surface area contributed by atoms with E-state index in [2.05, 4.69) is 32.3 Å². The van der Waals surface area contributed by atoms with Gasteiger partial charge in [0.2, 0.25) is 0 Å². The summed E-state index contributed by atoms with van der Waals surface area (Å²) in [6, 6.07) is 9.78. The molecule has 0 bridgehead atoms. The van der Waals surface area contributed by atoms with E-state index in [0.29, 0.717) is 16.9 Å². The van der Waals surface area contributed by atoms with Crippen molar-refractivity contribution in [2.45, 2.75) is 24.0 Å². The first-order chi connectivity index (χ1) is 14.5. The highest BCUT2D eigenvalue weighted by Crippen LogP contribution is 2.20. The Kier molecular flexibility index (Phi) is 11.4. The van der Waals surface area contributed by atoms with E-state index in [9.17, 15) is 4.79 Å². The van der Waals surface area contributed by atoms with Crippen LogP contribution >= 0.6 is 46.7 Å². The molecule has 1 N–H and O–H groups in total. The van der Waals surface area contributed by atoms with Crippen molar-refractivity contribution in [2.75, 3.05) is 41.3 Å². The van der Waals surface area contributed by atoms with Crippen LogP contribution in [0.25, 0.3) is 0 Å². The fourth-order valence-corrected chi connectivity index (χ4v) is 4.35. The molecule has 1 aromatic carbocycles. The quantitative estimate of drug-likeness (QED) is 0.120. The summed E-state index contributed by atoms with van der Waals surface area (Å²) in [5, 5.41) is 5.54. The maximum absolute atomic E-state index is 12.1. The second kappa shape index (κ2) is 13.7. The van der Waals surface area contributed by atoms with E-state index < -0.39 is 0 Å². The minimum Gasteiger partial charge on any atom is -0.369 e. The van der Waals surface area contributed by atoms with Crippen molar-refractivity contribution in [3.05, 3.63) is 41.6 Å². The van der Waals surface area contributed by atoms with Crippen LogP contribution in [0.1, 0.15) is 18.2 Å². The molecule has 1 heterocycles. The molecule has 30 heavy (non-hydrogen) atoms. The molecule has 0 unspecified atom stereocenters. The Morgan fingerprint density at radius 2 is 1.87 bits per heavy atom. The predicted molar refractivity (Wildman–Crippen MR) is 130 cm³/mol. The Labute approximate surface area is 196 Å². The SMILES string of the molecule is CCSc1cc(C)nc(SCC(=O)NN=Cc2ccc(N(CCCl)CCCl)cc2)n1. The van der Waals surface area contributed by atoms with Crippen molar-refractivity contribution in [2.24, 2.45) is 5.10 Å². The number of anilines is 1. The molecule has 162 valence electrons. The third kappa shape index (κ3) is 8.71. The fraction of sp³-hybridized carbons (Fsp3) is 0.400. The van der Waals surface area contributed by atoms with Crippen molar-refractivity contribution < 1.29 is 4.79 Å². The van der Waals surface area contributed by atoms with Crippen molar-refractivity contribution in [3.63, 3.8) is 0 Å². The summed E-state index contributed by atoms with van der Waals surface area (Å²) in [5.41, 5.74) is 5.36. The Morgan fingerprint density at radius 1 is 1.17 bits per heavy atom. The number of carbonyl (C=O) groups is 1. The van der Waals surface area contributed by atoms with Gasteiger partial charge in [0.05, 0.1) is 12.0 Å². The Morgan fingerprint density at radius 3 is 2.50 bits per heavy atom. The second-order valence-corrected chi connectivity index (χ2v) is 9.08. The highest BCUT2D eigenvalue weighted by Gasteiger charge is 2.07. The molecule has 2 aromatic rings. The number of thioether (sulfide) groups is 2. The van der Waals surface area contributed by atoms with Gasteiger partial charge in [0.1, 0.15) is 5.03 Å². The van der Waals surface area contributed by atoms with Gasteiger partial charge in [0, 0.05) is 36.2 Å². The molecule has 0 aliphatic carbocycles. The summed E-state index contributed by atoms with van der Waals surface area (Å²) in [5.74, 6) is 2.00. The summed E-state index contributed by atoms with van der Waals surface area (Å²) in [4.78, 5) is 23.0. The van der Waals surface area contributed by atoms with E-state index in [0.717, 1.165) is 40.8 Å². The van der Waals surface area contributed by atoms with E-state index >= 15 is 0 Å². The van der Waals surface area contributed by atoms with Gasteiger partial charge in [-0.3, -0.25) is 4.79 Å². The van der Waals surface area contributed by atoms with Gasteiger partial charge in [0.25, 0.3) is 5.91 Å². The van der Waals surface area contributed by atoms with Gasteiger partial charge in [-0.1, -0.05) is 30.8 Å². The molecule has 0 radical (unpaired) electrons. The van der Waals surface area contributed by atoms with Gasteiger partial charge in [-0.05, 0) is 36.4 Å². The zero-order chi connectivity index (χ0) is 21.8. The molecule has 0 spiro atoms. The lowest BCUT2D eigenvalue weighted by atomic mass is 10.2. The van der Waals surface area contributed by atoms with Crippen LogP contribution in [0.4, 0.5) is 5.69 Å². The summed E-state index contributed by atoms with van der Waals surface area (Å²) in [6.45, 7) is 5.47. The van der Waals surface area contributed by atoms with Gasteiger partial charge in [-0.15, -0.1) is 35.0 Å². The lowest BCUT2D eigenvalue weighted by Crippen LogP contribution is -2.27. The predicted octanol–water partition coefficient (Wildman–Crippen LogP) is 4.42. The Balaban J connectivity index is 1.84. The summed E-state index contributed by atoms with van der Waals surface area (Å²) in [6.07, 6.45) is 1.61. The number of benzene rings is 1. The van der Waals surface area contributed by atoms with Gasteiger partial charge in [-0.25, -0.2) is 15.4 Å². The minimum absolute atomic E-state index is 0.196. The summed E-state index contributed by atoms with van der Waals surface area (Å²) < 4.78 is 0. The zero-order valence-corrected chi connectivity index (χ0v) is 20.1. The number of halogens is 2. The average Bonchev–Trinajstić information content (AvgIpc) is 2.72. The number of aryl methyl sites for hydroxylation is 1. The minimum atomic E-state index is -0.210. The highest BCUT2D eigenvalue weighted by atomic mass is 35.5. The van der Waals surface area contributed by atoms with Gasteiger partial charge in [0.15, 0.2) is 5.16 Å². The van der Waals surface area contributed by atoms with Crippen LogP contribution in [0.15, 0.2) is 45.6 Å². The first-order valence-corrected chi connectivity index (χ1v) is 12.5. The number of nitrogens with zero attached hydrogens (tertiary/aromatic N) is 4. The molecule has 2 rings (SSSR count). The first kappa shape index (κ1) is 24.8. The Hall–Kier alpha value is -1.48. The third-order valence-electron chi connectivity index (χ3n) is 3.80. The van der Waals surface area contributed by atoms with E-state index in [-0.39, 0.29) is 11.7 Å². The van der Waals surface area contributed by atoms with Gasteiger partial charge in [-0.2, -0.15) is 5.10 Å². The van der Waals surface area contributed by atoms with Crippen LogP contribution in [0.2, 0.25) is 0 Å². The van der Waals surface area contributed by atoms with E-state index in [1.165, 1.54) is 11.8 Å². The van der Waals surface area contributed by atoms with Crippen LogP contribution in [-0.2, 0) is 4.79 Å². The number of amides is 1. The monoisotopic (exact) mass is 485 g/mol. The number of hydrogen-bond donors (Lipinski definition) is 1. The fourth-order valence-electron chi connectivity index (χ4n) is 2.49. The van der Waals surface area contributed by atoms with Crippen molar-refractivity contribution >= 4 is 64.5 Å². The van der Waals surface area contributed by atoms with Gasteiger partial charge < -0.3 is 4.90 Å². The van der Waals surface area contributed by atoms with E-state index in [1.807, 2.05) is 37.3 Å². The lowest BCUT2D eigenvalue weighted by Gasteiger charge is -2.22. The molecule has 0 saturated carbocycles. The van der Waals surface area contributed by atoms with E-state index in [4.69, 9.17) is 23.2 Å². The number of rotatable bonds is 12. The summed E-state index contributed by atoms with van der Waals surface area (Å²) >= 11 is 14.6. The van der Waals surface area contributed by atoms with Gasteiger partial charge >= 0.3 is 0 Å². The number of aromatic nitrogens is 2. The lowest BCUT2D eigenvalue weighted by molar-refractivity contribution is -0.118. The van der Waals surface area contributed by atoms with Crippen LogP contribution in [0.5, 0.6) is 0 Å². The zero-order valence-electron chi connectivity index (χ0n) is 17.0. The molecule has 1 aromatic heterocycles. The molecule has 0 fully saturated rings. The number of hydrogen-bond acceptors (Lipinski definition) is 7. The number of carbonyl (C=O) groups excluding carboxylic acids is 1. The van der Waals surface area contributed by atoms with Crippen molar-refractivity contribution in [1.82, 2.24) is 15.4 Å². The molecule has 0 saturated heterocycles. The molecule has 0 atom stereocenters. The molecule has 1 amide bonds. The maximum atomic E-state index is 12.1. The molecule has 10 heteroatoms. The largest absolute Gasteiger partial charge is 0.369 e. The Bertz CT molecular complexity index is 830.